The van der Waals surface area contributed by atoms with Gasteiger partial charge in [0.05, 0.1) is 12.4 Å². The quantitative estimate of drug-likeness (QED) is 0.658. The van der Waals surface area contributed by atoms with Crippen molar-refractivity contribution in [1.29, 1.82) is 0 Å². The van der Waals surface area contributed by atoms with Gasteiger partial charge in [-0.15, -0.1) is 0 Å². The molecule has 13 heavy (non-hydrogen) atoms. The molecule has 0 radical (unpaired) electrons. The summed E-state index contributed by atoms with van der Waals surface area (Å²) in [5.41, 5.74) is 1.23. The van der Waals surface area contributed by atoms with Crippen LogP contribution in [0.25, 0.3) is 0 Å². The van der Waals surface area contributed by atoms with Gasteiger partial charge in [-0.25, -0.2) is 8.42 Å². The van der Waals surface area contributed by atoms with Crippen LogP contribution < -0.4 is 0 Å². The van der Waals surface area contributed by atoms with Crippen molar-refractivity contribution >= 4 is 10.0 Å². The predicted octanol–water partition coefficient (Wildman–Crippen LogP) is -0.0395. The number of sulfonamides is 1. The zero-order valence-corrected chi connectivity index (χ0v) is 8.55. The molecule has 1 rings (SSSR count). The molecule has 0 fully saturated rings. The van der Waals surface area contributed by atoms with E-state index in [2.05, 4.69) is 0 Å². The van der Waals surface area contributed by atoms with Crippen LogP contribution in [0.3, 0.4) is 0 Å². The van der Waals surface area contributed by atoms with Crippen LogP contribution in [-0.2, 0) is 10.0 Å². The minimum absolute atomic E-state index is 0.167. The maximum atomic E-state index is 11.4. The summed E-state index contributed by atoms with van der Waals surface area (Å²) in [7, 11) is -3.22. The normalized spacial score (nSPS) is 20.0. The predicted molar refractivity (Wildman–Crippen MR) is 50.8 cm³/mol. The first-order chi connectivity index (χ1) is 6.06. The van der Waals surface area contributed by atoms with Crippen LogP contribution in [0.5, 0.6) is 0 Å². The summed E-state index contributed by atoms with van der Waals surface area (Å²) in [4.78, 5) is 0. The van der Waals surface area contributed by atoms with Gasteiger partial charge in [-0.2, -0.15) is 4.31 Å². The average molecular weight is 205 g/mol. The van der Waals surface area contributed by atoms with Crippen molar-refractivity contribution in [3.05, 3.63) is 11.6 Å². The first-order valence-electron chi connectivity index (χ1n) is 4.30. The van der Waals surface area contributed by atoms with E-state index in [9.17, 15) is 8.42 Å². The SMILES string of the molecule is CC1=CCN(S(=O)(=O)CCO)CC1. The molecule has 1 aliphatic rings. The van der Waals surface area contributed by atoms with E-state index in [0.29, 0.717) is 13.1 Å². The molecular formula is C8H15NO3S. The Morgan fingerprint density at radius 1 is 1.62 bits per heavy atom. The first kappa shape index (κ1) is 10.7. The zero-order chi connectivity index (χ0) is 9.90. The van der Waals surface area contributed by atoms with Gasteiger partial charge in [-0.3, -0.25) is 0 Å². The van der Waals surface area contributed by atoms with Gasteiger partial charge in [-0.1, -0.05) is 11.6 Å². The van der Waals surface area contributed by atoms with Gasteiger partial charge in [0.1, 0.15) is 0 Å². The van der Waals surface area contributed by atoms with Crippen molar-refractivity contribution in [2.45, 2.75) is 13.3 Å². The Morgan fingerprint density at radius 2 is 2.31 bits per heavy atom. The fourth-order valence-electron chi connectivity index (χ4n) is 1.25. The average Bonchev–Trinajstić information content (AvgIpc) is 2.05. The topological polar surface area (TPSA) is 57.6 Å². The Hall–Kier alpha value is -0.390. The lowest BCUT2D eigenvalue weighted by molar-refractivity contribution is 0.315. The highest BCUT2D eigenvalue weighted by Crippen LogP contribution is 2.13. The van der Waals surface area contributed by atoms with Crippen molar-refractivity contribution < 1.29 is 13.5 Å². The second kappa shape index (κ2) is 4.21. The Bertz CT molecular complexity index is 295. The third-order valence-electron chi connectivity index (χ3n) is 2.14. The van der Waals surface area contributed by atoms with Gasteiger partial charge < -0.3 is 5.11 Å². The van der Waals surface area contributed by atoms with Crippen molar-refractivity contribution in [2.24, 2.45) is 0 Å². The Balaban J connectivity index is 2.64. The van der Waals surface area contributed by atoms with E-state index >= 15 is 0 Å². The second-order valence-corrected chi connectivity index (χ2v) is 5.29. The minimum atomic E-state index is -3.22. The van der Waals surface area contributed by atoms with Crippen LogP contribution in [0.2, 0.25) is 0 Å². The number of nitrogens with zero attached hydrogens (tertiary/aromatic N) is 1. The number of rotatable bonds is 3. The number of hydrogen-bond donors (Lipinski definition) is 1. The monoisotopic (exact) mass is 205 g/mol. The molecular weight excluding hydrogens is 190 g/mol. The second-order valence-electron chi connectivity index (χ2n) is 3.20. The van der Waals surface area contributed by atoms with Gasteiger partial charge in [0.15, 0.2) is 0 Å². The van der Waals surface area contributed by atoms with Crippen molar-refractivity contribution in [3.8, 4) is 0 Å². The third-order valence-corrected chi connectivity index (χ3v) is 3.96. The molecule has 0 amide bonds. The fourth-order valence-corrected chi connectivity index (χ4v) is 2.41. The summed E-state index contributed by atoms with van der Waals surface area (Å²) in [5.74, 6) is -0.167. The van der Waals surface area contributed by atoms with Crippen LogP contribution in [0.4, 0.5) is 0 Å². The molecule has 4 nitrogen and oxygen atoms in total. The van der Waals surface area contributed by atoms with Crippen LogP contribution in [0.1, 0.15) is 13.3 Å². The lowest BCUT2D eigenvalue weighted by Crippen LogP contribution is -2.37. The molecule has 0 aliphatic carbocycles. The molecule has 5 heteroatoms. The zero-order valence-electron chi connectivity index (χ0n) is 7.73. The lowest BCUT2D eigenvalue weighted by atomic mass is 10.1. The van der Waals surface area contributed by atoms with Crippen molar-refractivity contribution in [1.82, 2.24) is 4.31 Å². The van der Waals surface area contributed by atoms with Crippen LogP contribution in [0, 0.1) is 0 Å². The molecule has 0 saturated heterocycles. The van der Waals surface area contributed by atoms with Gasteiger partial charge in [-0.05, 0) is 13.3 Å². The molecule has 0 bridgehead atoms. The van der Waals surface area contributed by atoms with Crippen LogP contribution in [0.15, 0.2) is 11.6 Å². The molecule has 1 N–H and O–H groups in total. The van der Waals surface area contributed by atoms with E-state index in [1.54, 1.807) is 0 Å². The Morgan fingerprint density at radius 3 is 2.77 bits per heavy atom. The smallest absolute Gasteiger partial charge is 0.216 e. The summed E-state index contributed by atoms with van der Waals surface area (Å²) >= 11 is 0. The molecule has 76 valence electrons. The molecule has 0 unspecified atom stereocenters. The summed E-state index contributed by atoms with van der Waals surface area (Å²) in [6.45, 7) is 2.69. The minimum Gasteiger partial charge on any atom is -0.395 e. The molecule has 0 atom stereocenters. The molecule has 1 aliphatic heterocycles. The maximum Gasteiger partial charge on any atom is 0.216 e. The molecule has 0 saturated carbocycles. The summed E-state index contributed by atoms with van der Waals surface area (Å²) in [6, 6.07) is 0. The standard InChI is InChI=1S/C8H15NO3S/c1-8-2-4-9(5-3-8)13(11,12)7-6-10/h2,10H,3-7H2,1H3. The molecule has 0 aromatic carbocycles. The molecule has 0 spiro atoms. The van der Waals surface area contributed by atoms with Gasteiger partial charge in [0.25, 0.3) is 0 Å². The highest BCUT2D eigenvalue weighted by Gasteiger charge is 2.22. The van der Waals surface area contributed by atoms with Gasteiger partial charge in [0, 0.05) is 13.1 Å². The third kappa shape index (κ3) is 2.79. The highest BCUT2D eigenvalue weighted by molar-refractivity contribution is 7.89. The van der Waals surface area contributed by atoms with Gasteiger partial charge >= 0.3 is 0 Å². The Kier molecular flexibility index (Phi) is 3.47. The van der Waals surface area contributed by atoms with Crippen molar-refractivity contribution in [3.63, 3.8) is 0 Å². The summed E-state index contributed by atoms with van der Waals surface area (Å²) in [6.07, 6.45) is 2.71. The van der Waals surface area contributed by atoms with E-state index in [1.807, 2.05) is 13.0 Å². The van der Waals surface area contributed by atoms with E-state index in [-0.39, 0.29) is 12.4 Å². The van der Waals surface area contributed by atoms with Crippen LogP contribution >= 0.6 is 0 Å². The van der Waals surface area contributed by atoms with Crippen molar-refractivity contribution in [2.75, 3.05) is 25.4 Å². The van der Waals surface area contributed by atoms with E-state index in [0.717, 1.165) is 6.42 Å². The molecule has 0 aromatic rings. The highest BCUT2D eigenvalue weighted by atomic mass is 32.2. The lowest BCUT2D eigenvalue weighted by Gasteiger charge is -2.24. The maximum absolute atomic E-state index is 11.4. The van der Waals surface area contributed by atoms with E-state index in [1.165, 1.54) is 9.88 Å². The van der Waals surface area contributed by atoms with E-state index < -0.39 is 10.0 Å². The summed E-state index contributed by atoms with van der Waals surface area (Å²) in [5, 5.41) is 8.56. The first-order valence-corrected chi connectivity index (χ1v) is 5.91. The number of hydrogen-bond acceptors (Lipinski definition) is 3. The molecule has 1 heterocycles. The summed E-state index contributed by atoms with van der Waals surface area (Å²) < 4.78 is 24.3. The Labute approximate surface area is 78.9 Å². The largest absolute Gasteiger partial charge is 0.395 e. The number of aliphatic hydroxyl groups excluding tert-OH is 1. The fraction of sp³-hybridized carbons (Fsp3) is 0.750. The van der Waals surface area contributed by atoms with E-state index in [4.69, 9.17) is 5.11 Å². The van der Waals surface area contributed by atoms with Gasteiger partial charge in [0.2, 0.25) is 10.0 Å². The number of aliphatic hydroxyl groups is 1. The molecule has 0 aromatic heterocycles. The van der Waals surface area contributed by atoms with Crippen LogP contribution in [-0.4, -0.2) is 43.3 Å².